The van der Waals surface area contributed by atoms with E-state index >= 15 is 0 Å². The Morgan fingerprint density at radius 3 is 1.71 bits per heavy atom. The lowest BCUT2D eigenvalue weighted by Crippen LogP contribution is -2.47. The predicted molar refractivity (Wildman–Crippen MR) is 157 cm³/mol. The lowest BCUT2D eigenvalue weighted by molar-refractivity contribution is -0.541. The van der Waals surface area contributed by atoms with Crippen molar-refractivity contribution in [1.29, 1.82) is 0 Å². The Bertz CT molecular complexity index is 1040. The molecule has 0 aliphatic heterocycles. The van der Waals surface area contributed by atoms with Crippen molar-refractivity contribution in [2.24, 2.45) is 40.9 Å². The average molecular weight is 641 g/mol. The predicted octanol–water partition coefficient (Wildman–Crippen LogP) is 4.91. The molecule has 4 aliphatic carbocycles. The van der Waals surface area contributed by atoms with E-state index in [4.69, 9.17) is 14.5 Å². The van der Waals surface area contributed by atoms with Gasteiger partial charge in [0.1, 0.15) is 12.0 Å². The van der Waals surface area contributed by atoms with E-state index in [2.05, 4.69) is 13.8 Å². The summed E-state index contributed by atoms with van der Waals surface area (Å²) in [6, 6.07) is -2.19. The molecule has 0 spiro atoms. The normalized spacial score (nSPS) is 36.0. The van der Waals surface area contributed by atoms with E-state index in [0.29, 0.717) is 50.4 Å². The second-order valence-electron chi connectivity index (χ2n) is 14.2. The molecule has 0 aromatic heterocycles. The van der Waals surface area contributed by atoms with Crippen molar-refractivity contribution < 1.29 is 49.0 Å². The molecule has 0 aromatic carbocycles. The highest BCUT2D eigenvalue weighted by Gasteiger charge is 2.50. The van der Waals surface area contributed by atoms with Crippen molar-refractivity contribution in [3.63, 3.8) is 0 Å². The molecule has 0 radical (unpaired) electrons. The SMILES string of the molecule is CC(C)(C1CCC(OOCC2C(C(=O)O)CCCC2[N+](=O)[O-])CC1)C1CCC(OC(=O)C2C(C(=O)O)CCCC2[N+](=O)[O-])CC1. The molecule has 45 heavy (non-hydrogen) atoms. The molecule has 0 saturated heterocycles. The van der Waals surface area contributed by atoms with Gasteiger partial charge in [0.05, 0.1) is 30.5 Å². The summed E-state index contributed by atoms with van der Waals surface area (Å²) in [6.07, 6.45) is 7.76. The molecule has 0 amide bonds. The Kier molecular flexibility index (Phi) is 11.8. The van der Waals surface area contributed by atoms with Crippen LogP contribution in [-0.2, 0) is 28.9 Å². The highest BCUT2D eigenvalue weighted by Crippen LogP contribution is 2.49. The number of carbonyl (C=O) groups is 3. The minimum absolute atomic E-state index is 0.00499. The van der Waals surface area contributed by atoms with Crippen LogP contribution in [0.2, 0.25) is 0 Å². The summed E-state index contributed by atoms with van der Waals surface area (Å²) in [6.45, 7) is 4.41. The van der Waals surface area contributed by atoms with Gasteiger partial charge in [-0.2, -0.15) is 0 Å². The molecule has 254 valence electrons. The van der Waals surface area contributed by atoms with E-state index in [9.17, 15) is 44.8 Å². The number of hydrogen-bond donors (Lipinski definition) is 2. The summed E-state index contributed by atoms with van der Waals surface area (Å²) < 4.78 is 5.73. The summed E-state index contributed by atoms with van der Waals surface area (Å²) >= 11 is 0. The Labute approximate surface area is 262 Å². The van der Waals surface area contributed by atoms with Crippen molar-refractivity contribution in [3.8, 4) is 0 Å². The first-order valence-corrected chi connectivity index (χ1v) is 16.5. The zero-order valence-electron chi connectivity index (χ0n) is 26.3. The maximum absolute atomic E-state index is 13.0. The first-order valence-electron chi connectivity index (χ1n) is 16.5. The number of esters is 1. The number of ether oxygens (including phenoxy) is 1. The molecule has 4 rings (SSSR count). The molecule has 0 bridgehead atoms. The number of carboxylic acids is 2. The van der Waals surface area contributed by atoms with E-state index in [-0.39, 0.29) is 37.1 Å². The van der Waals surface area contributed by atoms with E-state index in [0.717, 1.165) is 38.5 Å². The molecule has 14 nitrogen and oxygen atoms in total. The number of aliphatic carboxylic acids is 2. The number of nitro groups is 2. The smallest absolute Gasteiger partial charge is 0.317 e. The molecule has 0 heterocycles. The van der Waals surface area contributed by atoms with Gasteiger partial charge in [0, 0.05) is 22.7 Å². The van der Waals surface area contributed by atoms with Gasteiger partial charge in [0.15, 0.2) is 0 Å². The highest BCUT2D eigenvalue weighted by atomic mass is 17.2. The minimum atomic E-state index is -1.27. The topological polar surface area (TPSA) is 206 Å². The second-order valence-corrected chi connectivity index (χ2v) is 14.2. The maximum atomic E-state index is 13.0. The fraction of sp³-hybridized carbons (Fsp3) is 0.903. The van der Waals surface area contributed by atoms with Crippen LogP contribution in [0.1, 0.15) is 104 Å². The van der Waals surface area contributed by atoms with Gasteiger partial charge in [-0.25, -0.2) is 9.78 Å². The minimum Gasteiger partial charge on any atom is -0.481 e. The van der Waals surface area contributed by atoms with Gasteiger partial charge >= 0.3 is 17.9 Å². The molecule has 0 aromatic rings. The van der Waals surface area contributed by atoms with Crippen LogP contribution in [0.15, 0.2) is 0 Å². The fourth-order valence-corrected chi connectivity index (χ4v) is 8.67. The van der Waals surface area contributed by atoms with E-state index < -0.39 is 63.5 Å². The van der Waals surface area contributed by atoms with E-state index in [1.54, 1.807) is 0 Å². The quantitative estimate of drug-likeness (QED) is 0.126. The van der Waals surface area contributed by atoms with Crippen LogP contribution >= 0.6 is 0 Å². The fourth-order valence-electron chi connectivity index (χ4n) is 8.67. The summed E-state index contributed by atoms with van der Waals surface area (Å²) in [5, 5.41) is 42.2. The van der Waals surface area contributed by atoms with Crippen LogP contribution in [-0.4, -0.2) is 68.9 Å². The molecule has 4 saturated carbocycles. The average Bonchev–Trinajstić information content (AvgIpc) is 3.00. The third-order valence-electron chi connectivity index (χ3n) is 11.5. The highest BCUT2D eigenvalue weighted by molar-refractivity contribution is 5.82. The standard InChI is InChI=1S/C31H48N2O12/c1-31(2,18-9-13-20(14-10-18)44-30(38)27-23(29(36)37)6-4-8-26(27)33(41)42)19-11-15-21(16-12-19)45-43-17-24-22(28(34)35)5-3-7-25(24)32(39)40/h18-27H,3-17H2,1-2H3,(H,34,35)(H,36,37). The molecule has 4 fully saturated rings. The van der Waals surface area contributed by atoms with Crippen LogP contribution in [0.25, 0.3) is 0 Å². The van der Waals surface area contributed by atoms with Crippen molar-refractivity contribution in [2.45, 2.75) is 128 Å². The lowest BCUT2D eigenvalue weighted by Gasteiger charge is -2.46. The summed E-state index contributed by atoms with van der Waals surface area (Å²) in [4.78, 5) is 69.7. The van der Waals surface area contributed by atoms with E-state index in [1.165, 1.54) is 0 Å². The monoisotopic (exact) mass is 640 g/mol. The number of carbonyl (C=O) groups excluding carboxylic acids is 1. The molecular weight excluding hydrogens is 592 g/mol. The van der Waals surface area contributed by atoms with Gasteiger partial charge in [0.25, 0.3) is 0 Å². The molecule has 2 N–H and O–H groups in total. The van der Waals surface area contributed by atoms with Crippen molar-refractivity contribution in [3.05, 3.63) is 20.2 Å². The third-order valence-corrected chi connectivity index (χ3v) is 11.5. The molecule has 4 aliphatic rings. The van der Waals surface area contributed by atoms with Crippen LogP contribution < -0.4 is 0 Å². The van der Waals surface area contributed by atoms with Gasteiger partial charge < -0.3 is 14.9 Å². The lowest BCUT2D eigenvalue weighted by atomic mass is 9.60. The molecule has 6 atom stereocenters. The first kappa shape index (κ1) is 35.0. The van der Waals surface area contributed by atoms with Crippen molar-refractivity contribution >= 4 is 17.9 Å². The van der Waals surface area contributed by atoms with Crippen molar-refractivity contribution in [1.82, 2.24) is 0 Å². The largest absolute Gasteiger partial charge is 0.481 e. The number of carboxylic acid groups (broad SMARTS) is 2. The zero-order valence-corrected chi connectivity index (χ0v) is 26.3. The Balaban J connectivity index is 1.22. The summed E-state index contributed by atoms with van der Waals surface area (Å²) in [7, 11) is 0. The zero-order chi connectivity index (χ0) is 32.9. The molecule has 6 unspecified atom stereocenters. The van der Waals surface area contributed by atoms with Gasteiger partial charge in [-0.1, -0.05) is 13.8 Å². The first-order chi connectivity index (χ1) is 21.3. The van der Waals surface area contributed by atoms with Gasteiger partial charge in [-0.05, 0) is 94.3 Å². The number of rotatable bonds is 12. The Morgan fingerprint density at radius 2 is 1.20 bits per heavy atom. The van der Waals surface area contributed by atoms with E-state index in [1.807, 2.05) is 0 Å². The summed E-state index contributed by atoms with van der Waals surface area (Å²) in [5.74, 6) is -6.10. The van der Waals surface area contributed by atoms with Gasteiger partial charge in [0.2, 0.25) is 12.1 Å². The van der Waals surface area contributed by atoms with Crippen LogP contribution in [0.5, 0.6) is 0 Å². The van der Waals surface area contributed by atoms with Crippen LogP contribution in [0.3, 0.4) is 0 Å². The number of hydrogen-bond acceptors (Lipinski definition) is 10. The van der Waals surface area contributed by atoms with Crippen LogP contribution in [0, 0.1) is 61.2 Å². The number of nitrogens with zero attached hydrogens (tertiary/aromatic N) is 2. The van der Waals surface area contributed by atoms with Crippen molar-refractivity contribution in [2.75, 3.05) is 6.61 Å². The molecule has 14 heteroatoms. The Morgan fingerprint density at radius 1 is 0.711 bits per heavy atom. The molecular formula is C31H48N2O12. The van der Waals surface area contributed by atoms with Crippen LogP contribution in [0.4, 0.5) is 0 Å². The Hall–Kier alpha value is -2.87. The maximum Gasteiger partial charge on any atom is 0.317 e. The van der Waals surface area contributed by atoms with Gasteiger partial charge in [-0.3, -0.25) is 34.6 Å². The second kappa shape index (κ2) is 15.1. The summed E-state index contributed by atoms with van der Waals surface area (Å²) in [5.41, 5.74) is 0.00499. The third kappa shape index (κ3) is 8.30. The van der Waals surface area contributed by atoms with Gasteiger partial charge in [-0.15, -0.1) is 0 Å².